The number of esters is 1. The molecule has 1 atom stereocenters. The van der Waals surface area contributed by atoms with E-state index in [9.17, 15) is 14.4 Å². The van der Waals surface area contributed by atoms with E-state index in [4.69, 9.17) is 14.2 Å². The summed E-state index contributed by atoms with van der Waals surface area (Å²) in [6.07, 6.45) is 2.25. The average molecular weight is 361 g/mol. The minimum atomic E-state index is -0.779. The minimum absolute atomic E-state index is 0.132. The number of amides is 2. The lowest BCUT2D eigenvalue weighted by Gasteiger charge is -2.26. The van der Waals surface area contributed by atoms with Crippen molar-refractivity contribution in [1.82, 2.24) is 4.90 Å². The smallest absolute Gasteiger partial charge is 0.308 e. The highest BCUT2D eigenvalue weighted by molar-refractivity contribution is 6.13. The molecule has 0 N–H and O–H groups in total. The molecule has 1 aromatic carbocycles. The van der Waals surface area contributed by atoms with Crippen molar-refractivity contribution in [2.24, 2.45) is 0 Å². The van der Waals surface area contributed by atoms with Gasteiger partial charge < -0.3 is 14.2 Å². The van der Waals surface area contributed by atoms with Crippen LogP contribution in [0.15, 0.2) is 30.4 Å². The van der Waals surface area contributed by atoms with Crippen molar-refractivity contribution in [3.8, 4) is 11.5 Å². The quantitative estimate of drug-likeness (QED) is 0.496. The predicted molar refractivity (Wildman–Crippen MR) is 93.8 cm³/mol. The van der Waals surface area contributed by atoms with Gasteiger partial charge in [0.25, 0.3) is 11.8 Å². The van der Waals surface area contributed by atoms with Crippen LogP contribution < -0.4 is 9.47 Å². The number of benzene rings is 1. The van der Waals surface area contributed by atoms with Crippen molar-refractivity contribution in [3.63, 3.8) is 0 Å². The van der Waals surface area contributed by atoms with Gasteiger partial charge in [-0.1, -0.05) is 6.07 Å². The first kappa shape index (κ1) is 19.5. The van der Waals surface area contributed by atoms with Crippen LogP contribution in [0.2, 0.25) is 0 Å². The molecular formula is C19H23NO6. The first-order chi connectivity index (χ1) is 12.5. The van der Waals surface area contributed by atoms with E-state index >= 15 is 0 Å². The summed E-state index contributed by atoms with van der Waals surface area (Å²) in [4.78, 5) is 37.3. The summed E-state index contributed by atoms with van der Waals surface area (Å²) in [5, 5.41) is 0. The summed E-state index contributed by atoms with van der Waals surface area (Å²) >= 11 is 0. The Morgan fingerprint density at radius 3 is 2.15 bits per heavy atom. The number of carbonyl (C=O) groups excluding carboxylic acids is 3. The van der Waals surface area contributed by atoms with Gasteiger partial charge in [-0.05, 0) is 38.5 Å². The zero-order valence-corrected chi connectivity index (χ0v) is 15.2. The maximum Gasteiger partial charge on any atom is 0.308 e. The van der Waals surface area contributed by atoms with Crippen LogP contribution >= 0.6 is 0 Å². The third-order valence-electron chi connectivity index (χ3n) is 3.77. The van der Waals surface area contributed by atoms with E-state index in [1.54, 1.807) is 25.1 Å². The maximum absolute atomic E-state index is 12.1. The van der Waals surface area contributed by atoms with E-state index < -0.39 is 23.8 Å². The molecule has 2 rings (SSSR count). The van der Waals surface area contributed by atoms with Gasteiger partial charge in [0, 0.05) is 12.2 Å². The SMILES string of the molecule is CCOC(=O)CC(c1ccc(OCC)c(OCC)c1)N1C(=O)C=CC1=O. The van der Waals surface area contributed by atoms with Crippen molar-refractivity contribution < 1.29 is 28.6 Å². The lowest BCUT2D eigenvalue weighted by Crippen LogP contribution is -2.35. The summed E-state index contributed by atoms with van der Waals surface area (Å²) in [7, 11) is 0. The Bertz CT molecular complexity index is 694. The molecule has 1 aromatic rings. The fourth-order valence-corrected chi connectivity index (χ4v) is 2.73. The molecule has 0 aromatic heterocycles. The molecular weight excluding hydrogens is 338 g/mol. The molecule has 1 heterocycles. The van der Waals surface area contributed by atoms with E-state index in [-0.39, 0.29) is 13.0 Å². The number of rotatable bonds is 9. The molecule has 0 fully saturated rings. The topological polar surface area (TPSA) is 82.1 Å². The van der Waals surface area contributed by atoms with Crippen LogP contribution in [0.1, 0.15) is 38.8 Å². The number of nitrogens with zero attached hydrogens (tertiary/aromatic N) is 1. The van der Waals surface area contributed by atoms with E-state index in [2.05, 4.69) is 0 Å². The molecule has 0 radical (unpaired) electrons. The van der Waals surface area contributed by atoms with Crippen molar-refractivity contribution in [3.05, 3.63) is 35.9 Å². The third-order valence-corrected chi connectivity index (χ3v) is 3.77. The van der Waals surface area contributed by atoms with Gasteiger partial charge in [-0.3, -0.25) is 19.3 Å². The van der Waals surface area contributed by atoms with Gasteiger partial charge in [0.2, 0.25) is 0 Å². The number of hydrogen-bond donors (Lipinski definition) is 0. The number of carbonyl (C=O) groups is 3. The van der Waals surface area contributed by atoms with Gasteiger partial charge in [0.15, 0.2) is 11.5 Å². The van der Waals surface area contributed by atoms with Crippen LogP contribution in [0.3, 0.4) is 0 Å². The lowest BCUT2D eigenvalue weighted by molar-refractivity contribution is -0.147. The van der Waals surface area contributed by atoms with Crippen LogP contribution in [-0.4, -0.2) is 42.5 Å². The number of ether oxygens (including phenoxy) is 3. The highest BCUT2D eigenvalue weighted by atomic mass is 16.5. The van der Waals surface area contributed by atoms with Crippen molar-refractivity contribution in [2.75, 3.05) is 19.8 Å². The minimum Gasteiger partial charge on any atom is -0.490 e. The fraction of sp³-hybridized carbons (Fsp3) is 0.421. The lowest BCUT2D eigenvalue weighted by atomic mass is 10.0. The van der Waals surface area contributed by atoms with Crippen LogP contribution in [0, 0.1) is 0 Å². The summed E-state index contributed by atoms with van der Waals surface area (Å²) in [6.45, 7) is 6.52. The molecule has 2 amide bonds. The Balaban J connectivity index is 2.40. The van der Waals surface area contributed by atoms with Gasteiger partial charge >= 0.3 is 5.97 Å². The summed E-state index contributed by atoms with van der Waals surface area (Å²) in [5.74, 6) is -0.359. The van der Waals surface area contributed by atoms with Crippen LogP contribution in [0.4, 0.5) is 0 Å². The molecule has 1 unspecified atom stereocenters. The Morgan fingerprint density at radius 2 is 1.58 bits per heavy atom. The van der Waals surface area contributed by atoms with Crippen LogP contribution in [0.5, 0.6) is 11.5 Å². The molecule has 0 saturated heterocycles. The van der Waals surface area contributed by atoms with E-state index in [0.29, 0.717) is 30.3 Å². The highest BCUT2D eigenvalue weighted by Gasteiger charge is 2.34. The Hall–Kier alpha value is -2.83. The third kappa shape index (κ3) is 4.41. The molecule has 0 saturated carbocycles. The van der Waals surface area contributed by atoms with Crippen molar-refractivity contribution in [2.45, 2.75) is 33.2 Å². The van der Waals surface area contributed by atoms with E-state index in [1.165, 1.54) is 12.2 Å². The summed E-state index contributed by atoms with van der Waals surface area (Å²) in [6, 6.07) is 4.34. The average Bonchev–Trinajstić information content (AvgIpc) is 2.94. The molecule has 0 bridgehead atoms. The monoisotopic (exact) mass is 361 g/mol. The van der Waals surface area contributed by atoms with Crippen LogP contribution in [-0.2, 0) is 19.1 Å². The standard InChI is InChI=1S/C19H23NO6/c1-4-24-15-8-7-13(11-16(15)25-5-2)14(12-19(23)26-6-3)20-17(21)9-10-18(20)22/h7-11,14H,4-6,12H2,1-3H3. The first-order valence-electron chi connectivity index (χ1n) is 8.62. The van der Waals surface area contributed by atoms with Gasteiger partial charge in [-0.25, -0.2) is 0 Å². The normalized spacial score (nSPS) is 14.5. The molecule has 1 aliphatic rings. The van der Waals surface area contributed by atoms with Gasteiger partial charge in [-0.15, -0.1) is 0 Å². The molecule has 7 nitrogen and oxygen atoms in total. The largest absolute Gasteiger partial charge is 0.490 e. The van der Waals surface area contributed by atoms with Gasteiger partial charge in [-0.2, -0.15) is 0 Å². The zero-order chi connectivity index (χ0) is 19.1. The molecule has 0 aliphatic carbocycles. The van der Waals surface area contributed by atoms with Gasteiger partial charge in [0.05, 0.1) is 32.3 Å². The van der Waals surface area contributed by atoms with E-state index in [0.717, 1.165) is 4.90 Å². The second-order valence-electron chi connectivity index (χ2n) is 5.48. The Morgan fingerprint density at radius 1 is 0.962 bits per heavy atom. The Kier molecular flexibility index (Phi) is 6.77. The van der Waals surface area contributed by atoms with Gasteiger partial charge in [0.1, 0.15) is 0 Å². The Labute approximate surface area is 152 Å². The summed E-state index contributed by atoms with van der Waals surface area (Å²) in [5.41, 5.74) is 0.593. The molecule has 1 aliphatic heterocycles. The zero-order valence-electron chi connectivity index (χ0n) is 15.2. The van der Waals surface area contributed by atoms with E-state index in [1.807, 2.05) is 13.8 Å². The number of imide groups is 1. The second kappa shape index (κ2) is 9.03. The maximum atomic E-state index is 12.1. The molecule has 7 heteroatoms. The molecule has 140 valence electrons. The molecule has 0 spiro atoms. The second-order valence-corrected chi connectivity index (χ2v) is 5.48. The highest BCUT2D eigenvalue weighted by Crippen LogP contribution is 2.35. The first-order valence-corrected chi connectivity index (χ1v) is 8.62. The van der Waals surface area contributed by atoms with Crippen molar-refractivity contribution >= 4 is 17.8 Å². The number of hydrogen-bond acceptors (Lipinski definition) is 6. The predicted octanol–water partition coefficient (Wildman–Crippen LogP) is 2.40. The van der Waals surface area contributed by atoms with Crippen molar-refractivity contribution in [1.29, 1.82) is 0 Å². The van der Waals surface area contributed by atoms with Crippen LogP contribution in [0.25, 0.3) is 0 Å². The molecule has 26 heavy (non-hydrogen) atoms. The summed E-state index contributed by atoms with van der Waals surface area (Å²) < 4.78 is 16.1. The fourth-order valence-electron chi connectivity index (χ4n) is 2.73.